The first-order valence-corrected chi connectivity index (χ1v) is 11.2. The highest BCUT2D eigenvalue weighted by atomic mass is 16.5. The second-order valence-corrected chi connectivity index (χ2v) is 8.67. The summed E-state index contributed by atoms with van der Waals surface area (Å²) < 4.78 is 5.18. The predicted octanol–water partition coefficient (Wildman–Crippen LogP) is 3.55. The number of benzene rings is 2. The summed E-state index contributed by atoms with van der Waals surface area (Å²) in [6.07, 6.45) is 3.32. The van der Waals surface area contributed by atoms with Gasteiger partial charge in [0.2, 0.25) is 0 Å². The Balaban J connectivity index is 1.31. The van der Waals surface area contributed by atoms with Gasteiger partial charge in [0.05, 0.1) is 0 Å². The standard InChI is InChI=1S/C25H28N2O5/c1-16-7-3-8-17(2)27(16)21(28)15-32-22(29)13-6-14-26-24(30)19-11-4-9-18-10-5-12-20(23(18)19)25(26)31/h4-5,9-12,16-17H,3,6-8,13-15H2,1-2H3/t16-,17+. The van der Waals surface area contributed by atoms with Crippen LogP contribution in [-0.2, 0) is 14.3 Å². The Morgan fingerprint density at radius 3 is 2.16 bits per heavy atom. The van der Waals surface area contributed by atoms with Crippen LogP contribution < -0.4 is 0 Å². The van der Waals surface area contributed by atoms with Crippen LogP contribution in [0.25, 0.3) is 10.8 Å². The monoisotopic (exact) mass is 436 g/mol. The number of amides is 3. The van der Waals surface area contributed by atoms with Crippen molar-refractivity contribution in [3.63, 3.8) is 0 Å². The molecule has 0 N–H and O–H groups in total. The zero-order valence-electron chi connectivity index (χ0n) is 18.5. The molecule has 7 heteroatoms. The molecule has 0 saturated carbocycles. The molecule has 2 heterocycles. The SMILES string of the molecule is C[C@@H]1CCC[C@H](C)N1C(=O)COC(=O)CCCN1C(=O)c2cccc3cccc(c23)C1=O. The zero-order chi connectivity index (χ0) is 22.8. The lowest BCUT2D eigenvalue weighted by Crippen LogP contribution is -2.49. The predicted molar refractivity (Wildman–Crippen MR) is 119 cm³/mol. The van der Waals surface area contributed by atoms with Crippen LogP contribution in [0.1, 0.15) is 66.7 Å². The molecule has 168 valence electrons. The Morgan fingerprint density at radius 1 is 0.969 bits per heavy atom. The first kappa shape index (κ1) is 22.0. The Morgan fingerprint density at radius 2 is 1.56 bits per heavy atom. The minimum Gasteiger partial charge on any atom is -0.456 e. The lowest BCUT2D eigenvalue weighted by Gasteiger charge is -2.38. The van der Waals surface area contributed by atoms with E-state index in [4.69, 9.17) is 4.74 Å². The van der Waals surface area contributed by atoms with Gasteiger partial charge in [-0.05, 0) is 57.0 Å². The summed E-state index contributed by atoms with van der Waals surface area (Å²) >= 11 is 0. The van der Waals surface area contributed by atoms with Gasteiger partial charge in [0.1, 0.15) is 0 Å². The third-order valence-corrected chi connectivity index (χ3v) is 6.46. The minimum absolute atomic E-state index is 0.0291. The summed E-state index contributed by atoms with van der Waals surface area (Å²) in [7, 11) is 0. The fourth-order valence-electron chi connectivity index (χ4n) is 4.87. The number of ether oxygens (including phenoxy) is 1. The summed E-state index contributed by atoms with van der Waals surface area (Å²) in [4.78, 5) is 53.4. The van der Waals surface area contributed by atoms with Crippen molar-refractivity contribution in [1.29, 1.82) is 0 Å². The van der Waals surface area contributed by atoms with Gasteiger partial charge in [-0.2, -0.15) is 0 Å². The number of hydrogen-bond acceptors (Lipinski definition) is 5. The van der Waals surface area contributed by atoms with Crippen molar-refractivity contribution < 1.29 is 23.9 Å². The van der Waals surface area contributed by atoms with E-state index in [-0.39, 0.29) is 55.8 Å². The average molecular weight is 437 g/mol. The molecule has 0 aromatic heterocycles. The fourth-order valence-corrected chi connectivity index (χ4v) is 4.87. The molecule has 0 unspecified atom stereocenters. The summed E-state index contributed by atoms with van der Waals surface area (Å²) in [5, 5.41) is 1.53. The van der Waals surface area contributed by atoms with E-state index in [0.29, 0.717) is 16.5 Å². The van der Waals surface area contributed by atoms with Crippen LogP contribution in [0.3, 0.4) is 0 Å². The molecule has 32 heavy (non-hydrogen) atoms. The molecule has 2 aromatic rings. The number of rotatable bonds is 6. The topological polar surface area (TPSA) is 84.0 Å². The van der Waals surface area contributed by atoms with Crippen molar-refractivity contribution in [2.24, 2.45) is 0 Å². The van der Waals surface area contributed by atoms with Gasteiger partial charge in [-0.3, -0.25) is 24.1 Å². The molecule has 2 aliphatic heterocycles. The fraction of sp³-hybridized carbons (Fsp3) is 0.440. The highest BCUT2D eigenvalue weighted by Crippen LogP contribution is 2.30. The van der Waals surface area contributed by atoms with Gasteiger partial charge in [0.25, 0.3) is 17.7 Å². The molecule has 2 atom stereocenters. The van der Waals surface area contributed by atoms with Crippen molar-refractivity contribution in [2.75, 3.05) is 13.2 Å². The molecule has 2 aliphatic rings. The Labute approximate surface area is 187 Å². The molecule has 0 bridgehead atoms. The van der Waals surface area contributed by atoms with Crippen LogP contribution in [0.5, 0.6) is 0 Å². The van der Waals surface area contributed by atoms with Gasteiger partial charge < -0.3 is 9.64 Å². The number of imide groups is 1. The second kappa shape index (κ2) is 9.10. The molecule has 3 amide bonds. The molecule has 4 rings (SSSR count). The van der Waals surface area contributed by atoms with Crippen molar-refractivity contribution >= 4 is 34.5 Å². The van der Waals surface area contributed by atoms with Gasteiger partial charge in [0, 0.05) is 41.6 Å². The van der Waals surface area contributed by atoms with Crippen molar-refractivity contribution in [1.82, 2.24) is 9.80 Å². The number of carbonyl (C=O) groups is 4. The quantitative estimate of drug-likeness (QED) is 0.511. The molecular formula is C25H28N2O5. The number of nitrogens with zero attached hydrogens (tertiary/aromatic N) is 2. The largest absolute Gasteiger partial charge is 0.456 e. The lowest BCUT2D eigenvalue weighted by molar-refractivity contribution is -0.154. The van der Waals surface area contributed by atoms with Crippen molar-refractivity contribution in [3.8, 4) is 0 Å². The summed E-state index contributed by atoms with van der Waals surface area (Å²) in [6.45, 7) is 3.87. The van der Waals surface area contributed by atoms with E-state index in [1.54, 1.807) is 29.2 Å². The van der Waals surface area contributed by atoms with Crippen LogP contribution in [0.4, 0.5) is 0 Å². The highest BCUT2D eigenvalue weighted by Gasteiger charge is 2.32. The van der Waals surface area contributed by atoms with E-state index in [9.17, 15) is 19.2 Å². The number of carbonyl (C=O) groups excluding carboxylic acids is 4. The van der Waals surface area contributed by atoms with Crippen molar-refractivity contribution in [2.45, 2.75) is 58.0 Å². The summed E-state index contributed by atoms with van der Waals surface area (Å²) in [5.41, 5.74) is 0.992. The Hall–Kier alpha value is -3.22. The third kappa shape index (κ3) is 4.11. The maximum Gasteiger partial charge on any atom is 0.306 e. The molecule has 0 aliphatic carbocycles. The van der Waals surface area contributed by atoms with Crippen LogP contribution in [0.2, 0.25) is 0 Å². The molecular weight excluding hydrogens is 408 g/mol. The van der Waals surface area contributed by atoms with E-state index in [0.717, 1.165) is 24.6 Å². The van der Waals surface area contributed by atoms with Gasteiger partial charge in [-0.15, -0.1) is 0 Å². The minimum atomic E-state index is -0.505. The van der Waals surface area contributed by atoms with Crippen LogP contribution in [0, 0.1) is 0 Å². The zero-order valence-corrected chi connectivity index (χ0v) is 18.5. The van der Waals surface area contributed by atoms with Gasteiger partial charge in [-0.25, -0.2) is 0 Å². The van der Waals surface area contributed by atoms with E-state index < -0.39 is 5.97 Å². The number of piperidine rings is 1. The summed E-state index contributed by atoms with van der Waals surface area (Å²) in [5.74, 6) is -1.38. The van der Waals surface area contributed by atoms with E-state index in [1.807, 2.05) is 26.0 Å². The van der Waals surface area contributed by atoms with Gasteiger partial charge in [-0.1, -0.05) is 24.3 Å². The van der Waals surface area contributed by atoms with Gasteiger partial charge >= 0.3 is 5.97 Å². The number of hydrogen-bond donors (Lipinski definition) is 0. The van der Waals surface area contributed by atoms with E-state index in [2.05, 4.69) is 0 Å². The number of esters is 1. The first-order valence-electron chi connectivity index (χ1n) is 11.2. The van der Waals surface area contributed by atoms with Crippen molar-refractivity contribution in [3.05, 3.63) is 47.5 Å². The first-order chi connectivity index (χ1) is 15.4. The maximum atomic E-state index is 12.9. The molecule has 1 fully saturated rings. The van der Waals surface area contributed by atoms with Crippen LogP contribution in [0.15, 0.2) is 36.4 Å². The maximum absolute atomic E-state index is 12.9. The van der Waals surface area contributed by atoms with Crippen LogP contribution in [-0.4, -0.2) is 58.7 Å². The highest BCUT2D eigenvalue weighted by molar-refractivity contribution is 6.25. The molecule has 0 spiro atoms. The lowest BCUT2D eigenvalue weighted by atomic mass is 9.94. The molecule has 1 saturated heterocycles. The molecule has 7 nitrogen and oxygen atoms in total. The Kier molecular flexibility index (Phi) is 6.26. The third-order valence-electron chi connectivity index (χ3n) is 6.46. The average Bonchev–Trinajstić information content (AvgIpc) is 2.78. The van der Waals surface area contributed by atoms with E-state index >= 15 is 0 Å². The normalized spacial score (nSPS) is 20.6. The smallest absolute Gasteiger partial charge is 0.306 e. The van der Waals surface area contributed by atoms with Gasteiger partial charge in [0.15, 0.2) is 6.61 Å². The molecule has 0 radical (unpaired) electrons. The van der Waals surface area contributed by atoms with E-state index in [1.165, 1.54) is 4.90 Å². The Bertz CT molecular complexity index is 1020. The molecule has 2 aromatic carbocycles. The van der Waals surface area contributed by atoms with Crippen LogP contribution >= 0.6 is 0 Å². The number of likely N-dealkylation sites (tertiary alicyclic amines) is 1. The summed E-state index contributed by atoms with van der Waals surface area (Å²) in [6, 6.07) is 11.1. The second-order valence-electron chi connectivity index (χ2n) is 8.67.